The number of aryl methyl sites for hydroxylation is 1. The molecule has 8 heteroatoms. The van der Waals surface area contributed by atoms with Crippen molar-refractivity contribution in [3.8, 4) is 0 Å². The zero-order valence-electron chi connectivity index (χ0n) is 7.59. The van der Waals surface area contributed by atoms with E-state index in [9.17, 15) is 17.3 Å². The molecule has 1 aromatic carbocycles. The molecule has 1 aromatic rings. The largest absolute Gasteiger partial charge is 0.673 e. The smallest absolute Gasteiger partial charge is 0.418 e. The normalized spacial score (nSPS) is 9.93. The van der Waals surface area contributed by atoms with E-state index >= 15 is 0 Å². The summed E-state index contributed by atoms with van der Waals surface area (Å²) < 4.78 is 40.0. The van der Waals surface area contributed by atoms with Gasteiger partial charge in [-0.1, -0.05) is 22.0 Å². The molecule has 0 atom stereocenters. The number of hydrogen-bond acceptors (Lipinski definition) is 1. The second-order valence-electron chi connectivity index (χ2n) is 2.53. The van der Waals surface area contributed by atoms with E-state index in [4.69, 9.17) is 5.39 Å². The molecule has 2 nitrogen and oxygen atoms in total. The molecule has 0 bridgehead atoms. The lowest BCUT2D eigenvalue weighted by molar-refractivity contribution is 0.368. The molecule has 0 N–H and O–H groups in total. The first-order valence-electron chi connectivity index (χ1n) is 3.72. The second-order valence-corrected chi connectivity index (χ2v) is 3.38. The molecule has 0 aliphatic rings. The molecule has 0 radical (unpaired) electrons. The lowest BCUT2D eigenvalue weighted by Crippen LogP contribution is -2.02. The Kier molecular flexibility index (Phi) is 5.29. The average Bonchev–Trinajstić information content (AvgIpc) is 2.07. The summed E-state index contributed by atoms with van der Waals surface area (Å²) in [5.41, 5.74) is 1.70. The summed E-state index contributed by atoms with van der Waals surface area (Å²) in [5.74, 6) is 0. The average molecular weight is 285 g/mol. The Bertz CT molecular complexity index is 368. The van der Waals surface area contributed by atoms with Crippen LogP contribution in [-0.2, 0) is 0 Å². The van der Waals surface area contributed by atoms with Crippen molar-refractivity contribution in [3.05, 3.63) is 33.2 Å². The van der Waals surface area contributed by atoms with Crippen LogP contribution in [0, 0.1) is 12.3 Å². The van der Waals surface area contributed by atoms with Gasteiger partial charge in [0.2, 0.25) is 5.39 Å². The van der Waals surface area contributed by atoms with E-state index in [1.165, 1.54) is 0 Å². The van der Waals surface area contributed by atoms with Gasteiger partial charge in [0, 0.05) is 16.6 Å². The maximum Gasteiger partial charge on any atom is 0.673 e. The summed E-state index contributed by atoms with van der Waals surface area (Å²) in [6.07, 6.45) is 0. The number of benzene rings is 1. The van der Waals surface area contributed by atoms with Gasteiger partial charge in [-0.05, 0) is 12.5 Å². The van der Waals surface area contributed by atoms with Crippen LogP contribution in [0.2, 0.25) is 0 Å². The Hall–Kier alpha value is -1.10. The maximum absolute atomic E-state index is 9.75. The van der Waals surface area contributed by atoms with E-state index in [2.05, 4.69) is 20.9 Å². The third-order valence-electron chi connectivity index (χ3n) is 1.27. The predicted molar refractivity (Wildman–Crippen MR) is 53.8 cm³/mol. The van der Waals surface area contributed by atoms with E-state index in [-0.39, 0.29) is 0 Å². The first kappa shape index (κ1) is 13.9. The monoisotopic (exact) mass is 284 g/mol. The van der Waals surface area contributed by atoms with Crippen LogP contribution >= 0.6 is 15.9 Å². The van der Waals surface area contributed by atoms with Crippen LogP contribution in [0.15, 0.2) is 22.7 Å². The molecule has 0 saturated carbocycles. The number of rotatable bonds is 0. The minimum atomic E-state index is -6.00. The second kappa shape index (κ2) is 5.71. The molecule has 0 fully saturated rings. The highest BCUT2D eigenvalue weighted by Crippen LogP contribution is 2.22. The molecule has 0 amide bonds. The van der Waals surface area contributed by atoms with Crippen LogP contribution in [0.4, 0.5) is 23.0 Å². The Labute approximate surface area is 92.1 Å². The highest BCUT2D eigenvalue weighted by molar-refractivity contribution is 9.10. The lowest BCUT2D eigenvalue weighted by atomic mass is 10.2. The van der Waals surface area contributed by atoms with Gasteiger partial charge in [0.25, 0.3) is 0 Å². The highest BCUT2D eigenvalue weighted by Gasteiger charge is 2.20. The third kappa shape index (κ3) is 7.94. The fourth-order valence-electron chi connectivity index (χ4n) is 0.644. The quantitative estimate of drug-likeness (QED) is 0.390. The molecule has 0 saturated heterocycles. The first-order valence-corrected chi connectivity index (χ1v) is 4.52. The number of nitrogens with zero attached hydrogens (tertiary/aromatic N) is 2. The predicted octanol–water partition coefficient (Wildman–Crippen LogP) is 4.54. The Morgan fingerprint density at radius 1 is 1.27 bits per heavy atom. The minimum Gasteiger partial charge on any atom is -0.418 e. The standard InChI is InChI=1S/C7H6BrN2.BF4/c1-5-2-3-6(10-9)4-7(5)8;2-1(3,4)5/h2-4H,1H3;/q+1;-1. The van der Waals surface area contributed by atoms with Crippen LogP contribution < -0.4 is 0 Å². The molecule has 0 aromatic heterocycles. The Morgan fingerprint density at radius 2 is 1.73 bits per heavy atom. The van der Waals surface area contributed by atoms with Crippen LogP contribution in [0.3, 0.4) is 0 Å². The fourth-order valence-corrected chi connectivity index (χ4v) is 1.01. The van der Waals surface area contributed by atoms with E-state index in [1.54, 1.807) is 12.1 Å². The molecule has 0 unspecified atom stereocenters. The van der Waals surface area contributed by atoms with Crippen LogP contribution in [-0.4, -0.2) is 7.25 Å². The Morgan fingerprint density at radius 3 is 2.07 bits per heavy atom. The van der Waals surface area contributed by atoms with Crippen molar-refractivity contribution in [1.29, 1.82) is 5.39 Å². The van der Waals surface area contributed by atoms with Gasteiger partial charge in [0.1, 0.15) is 0 Å². The summed E-state index contributed by atoms with van der Waals surface area (Å²) in [6, 6.07) is 5.40. The molecule has 0 aliphatic heterocycles. The van der Waals surface area contributed by atoms with Crippen molar-refractivity contribution in [2.45, 2.75) is 6.92 Å². The summed E-state index contributed by atoms with van der Waals surface area (Å²) in [7, 11) is -6.00. The van der Waals surface area contributed by atoms with Crippen molar-refractivity contribution in [3.63, 3.8) is 0 Å². The maximum atomic E-state index is 9.75. The molecule has 0 aliphatic carbocycles. The number of diazo groups is 1. The first-order chi connectivity index (χ1) is 6.74. The summed E-state index contributed by atoms with van der Waals surface area (Å²) in [6.45, 7) is 1.98. The van der Waals surface area contributed by atoms with Gasteiger partial charge in [-0.25, -0.2) is 0 Å². The highest BCUT2D eigenvalue weighted by atomic mass is 79.9. The van der Waals surface area contributed by atoms with Gasteiger partial charge in [0.05, 0.1) is 0 Å². The molecule has 0 heterocycles. The zero-order valence-corrected chi connectivity index (χ0v) is 9.18. The van der Waals surface area contributed by atoms with E-state index in [1.807, 2.05) is 13.0 Å². The Balaban J connectivity index is 0.000000336. The van der Waals surface area contributed by atoms with Crippen LogP contribution in [0.1, 0.15) is 5.56 Å². The number of halogens is 5. The van der Waals surface area contributed by atoms with Gasteiger partial charge in [-0.15, -0.1) is 0 Å². The molecular weight excluding hydrogens is 279 g/mol. The van der Waals surface area contributed by atoms with Gasteiger partial charge in [-0.2, -0.15) is 0 Å². The van der Waals surface area contributed by atoms with Crippen molar-refractivity contribution in [2.24, 2.45) is 0 Å². The summed E-state index contributed by atoms with van der Waals surface area (Å²) in [5, 5.41) is 8.36. The van der Waals surface area contributed by atoms with E-state index < -0.39 is 7.25 Å². The molecule has 1 rings (SSSR count). The van der Waals surface area contributed by atoms with Gasteiger partial charge >= 0.3 is 12.9 Å². The van der Waals surface area contributed by atoms with Gasteiger partial charge in [-0.3, -0.25) is 0 Å². The number of hydrogen-bond donors (Lipinski definition) is 0. The van der Waals surface area contributed by atoms with Crippen molar-refractivity contribution in [2.75, 3.05) is 0 Å². The van der Waals surface area contributed by atoms with Gasteiger partial charge < -0.3 is 17.3 Å². The van der Waals surface area contributed by atoms with Crippen molar-refractivity contribution >= 4 is 28.9 Å². The fraction of sp³-hybridized carbons (Fsp3) is 0.143. The van der Waals surface area contributed by atoms with Crippen LogP contribution in [0.5, 0.6) is 0 Å². The minimum absolute atomic E-state index is 0.567. The summed E-state index contributed by atoms with van der Waals surface area (Å²) >= 11 is 3.32. The summed E-state index contributed by atoms with van der Waals surface area (Å²) in [4.78, 5) is 3.04. The molecule has 0 spiro atoms. The van der Waals surface area contributed by atoms with Crippen molar-refractivity contribution in [1.82, 2.24) is 0 Å². The van der Waals surface area contributed by atoms with Crippen molar-refractivity contribution < 1.29 is 17.3 Å². The van der Waals surface area contributed by atoms with Gasteiger partial charge in [0.15, 0.2) is 4.98 Å². The lowest BCUT2D eigenvalue weighted by Gasteiger charge is -1.94. The third-order valence-corrected chi connectivity index (χ3v) is 2.13. The van der Waals surface area contributed by atoms with E-state index in [0.717, 1.165) is 10.0 Å². The SMILES string of the molecule is Cc1ccc([N+]#N)cc1Br.F[B-](F)(F)F. The molecule has 82 valence electrons. The molecular formula is C7H6BBrF4N2. The van der Waals surface area contributed by atoms with Crippen LogP contribution in [0.25, 0.3) is 4.98 Å². The van der Waals surface area contributed by atoms with E-state index in [0.29, 0.717) is 5.69 Å². The molecule has 15 heavy (non-hydrogen) atoms. The zero-order chi connectivity index (χ0) is 12.1. The topological polar surface area (TPSA) is 28.1 Å².